The lowest BCUT2D eigenvalue weighted by atomic mass is 10.1. The largest absolute Gasteiger partial charge is 0.381 e. The smallest absolute Gasteiger partial charge is 0.227 e. The van der Waals surface area contributed by atoms with Crippen molar-refractivity contribution >= 4 is 5.91 Å². The van der Waals surface area contributed by atoms with Crippen LogP contribution in [0.5, 0.6) is 0 Å². The van der Waals surface area contributed by atoms with Crippen LogP contribution in [-0.2, 0) is 9.53 Å². The standard InChI is InChI=1S/C14H25NO2/c1-4-5-6-10-17-11-12(2)14(16)15-9-7-8-13(15)3/h4,12-13H,1,5-11H2,2-3H3. The number of ether oxygens (including phenoxy) is 1. The minimum absolute atomic E-state index is 0.0146. The molecular weight excluding hydrogens is 214 g/mol. The summed E-state index contributed by atoms with van der Waals surface area (Å²) in [7, 11) is 0. The van der Waals surface area contributed by atoms with Crippen LogP contribution in [0, 0.1) is 5.92 Å². The number of rotatable bonds is 7. The fraction of sp³-hybridized carbons (Fsp3) is 0.786. The Morgan fingerprint density at radius 1 is 1.65 bits per heavy atom. The number of carbonyl (C=O) groups excluding carboxylic acids is 1. The van der Waals surface area contributed by atoms with Gasteiger partial charge in [-0.2, -0.15) is 0 Å². The molecule has 0 aromatic carbocycles. The van der Waals surface area contributed by atoms with Gasteiger partial charge >= 0.3 is 0 Å². The summed E-state index contributed by atoms with van der Waals surface area (Å²) < 4.78 is 5.52. The van der Waals surface area contributed by atoms with Crippen LogP contribution in [0.3, 0.4) is 0 Å². The van der Waals surface area contributed by atoms with E-state index in [4.69, 9.17) is 4.74 Å². The molecule has 17 heavy (non-hydrogen) atoms. The quantitative estimate of drug-likeness (QED) is 0.505. The average Bonchev–Trinajstić information content (AvgIpc) is 2.74. The molecule has 0 N–H and O–H groups in total. The molecule has 0 saturated carbocycles. The van der Waals surface area contributed by atoms with Gasteiger partial charge in [0.05, 0.1) is 12.5 Å². The maximum Gasteiger partial charge on any atom is 0.227 e. The molecule has 98 valence electrons. The normalized spacial score (nSPS) is 21.5. The predicted octanol–water partition coefficient (Wildman–Crippen LogP) is 2.62. The third-order valence-electron chi connectivity index (χ3n) is 3.32. The molecule has 3 heteroatoms. The topological polar surface area (TPSA) is 29.5 Å². The number of hydrogen-bond donors (Lipinski definition) is 0. The van der Waals surface area contributed by atoms with E-state index in [-0.39, 0.29) is 11.8 Å². The number of nitrogens with zero attached hydrogens (tertiary/aromatic N) is 1. The van der Waals surface area contributed by atoms with E-state index in [0.717, 1.165) is 38.8 Å². The fourth-order valence-electron chi connectivity index (χ4n) is 2.20. The van der Waals surface area contributed by atoms with Gasteiger partial charge in [0, 0.05) is 19.2 Å². The Labute approximate surface area is 105 Å². The number of likely N-dealkylation sites (tertiary alicyclic amines) is 1. The highest BCUT2D eigenvalue weighted by molar-refractivity contribution is 5.79. The number of hydrogen-bond acceptors (Lipinski definition) is 2. The van der Waals surface area contributed by atoms with Crippen molar-refractivity contribution in [2.45, 2.75) is 45.6 Å². The molecule has 2 unspecified atom stereocenters. The monoisotopic (exact) mass is 239 g/mol. The summed E-state index contributed by atoms with van der Waals surface area (Å²) in [5, 5.41) is 0. The van der Waals surface area contributed by atoms with Crippen molar-refractivity contribution in [2.24, 2.45) is 5.92 Å². The Morgan fingerprint density at radius 3 is 3.00 bits per heavy atom. The first-order valence-corrected chi connectivity index (χ1v) is 6.66. The van der Waals surface area contributed by atoms with E-state index in [1.807, 2.05) is 17.9 Å². The average molecular weight is 239 g/mol. The van der Waals surface area contributed by atoms with Crippen LogP contribution in [0.25, 0.3) is 0 Å². The van der Waals surface area contributed by atoms with Crippen molar-refractivity contribution in [3.63, 3.8) is 0 Å². The second-order valence-corrected chi connectivity index (χ2v) is 4.93. The molecule has 2 atom stereocenters. The minimum atomic E-state index is -0.0146. The van der Waals surface area contributed by atoms with Gasteiger partial charge in [-0.3, -0.25) is 4.79 Å². The molecular formula is C14H25NO2. The lowest BCUT2D eigenvalue weighted by Crippen LogP contribution is -2.38. The fourth-order valence-corrected chi connectivity index (χ4v) is 2.20. The first-order valence-electron chi connectivity index (χ1n) is 6.66. The number of amides is 1. The van der Waals surface area contributed by atoms with Crippen LogP contribution in [-0.4, -0.2) is 36.6 Å². The maximum absolute atomic E-state index is 12.1. The van der Waals surface area contributed by atoms with Crippen molar-refractivity contribution in [2.75, 3.05) is 19.8 Å². The summed E-state index contributed by atoms with van der Waals surface area (Å²) in [6, 6.07) is 0.408. The number of allylic oxidation sites excluding steroid dienone is 1. The predicted molar refractivity (Wildman–Crippen MR) is 69.8 cm³/mol. The molecule has 1 aliphatic heterocycles. The Kier molecular flexibility index (Phi) is 6.27. The van der Waals surface area contributed by atoms with Crippen LogP contribution < -0.4 is 0 Å². The number of unbranched alkanes of at least 4 members (excludes halogenated alkanes) is 1. The van der Waals surface area contributed by atoms with E-state index in [9.17, 15) is 4.79 Å². The second-order valence-electron chi connectivity index (χ2n) is 4.93. The molecule has 1 aliphatic rings. The molecule has 1 fully saturated rings. The Morgan fingerprint density at radius 2 is 2.41 bits per heavy atom. The molecule has 1 heterocycles. The van der Waals surface area contributed by atoms with Gasteiger partial charge in [-0.05, 0) is 32.6 Å². The van der Waals surface area contributed by atoms with E-state index in [2.05, 4.69) is 13.5 Å². The molecule has 1 rings (SSSR count). The Bertz CT molecular complexity index is 253. The molecule has 0 spiro atoms. The Hall–Kier alpha value is -0.830. The van der Waals surface area contributed by atoms with E-state index in [1.54, 1.807) is 0 Å². The van der Waals surface area contributed by atoms with E-state index in [1.165, 1.54) is 0 Å². The lowest BCUT2D eigenvalue weighted by Gasteiger charge is -2.25. The molecule has 0 radical (unpaired) electrons. The summed E-state index contributed by atoms with van der Waals surface area (Å²) >= 11 is 0. The zero-order chi connectivity index (χ0) is 12.7. The summed E-state index contributed by atoms with van der Waals surface area (Å²) in [6.07, 6.45) is 6.14. The molecule has 0 aromatic heterocycles. The maximum atomic E-state index is 12.1. The molecule has 0 bridgehead atoms. The highest BCUT2D eigenvalue weighted by atomic mass is 16.5. The van der Waals surface area contributed by atoms with Crippen molar-refractivity contribution in [3.8, 4) is 0 Å². The third-order valence-corrected chi connectivity index (χ3v) is 3.32. The summed E-state index contributed by atoms with van der Waals surface area (Å²) in [6.45, 7) is 9.93. The van der Waals surface area contributed by atoms with Gasteiger partial charge in [0.25, 0.3) is 0 Å². The lowest BCUT2D eigenvalue weighted by molar-refractivity contribution is -0.137. The molecule has 1 amide bonds. The van der Waals surface area contributed by atoms with Crippen molar-refractivity contribution in [1.82, 2.24) is 4.90 Å². The van der Waals surface area contributed by atoms with Gasteiger partial charge in [-0.15, -0.1) is 6.58 Å². The van der Waals surface area contributed by atoms with Crippen molar-refractivity contribution < 1.29 is 9.53 Å². The van der Waals surface area contributed by atoms with Crippen LogP contribution in [0.2, 0.25) is 0 Å². The summed E-state index contributed by atoms with van der Waals surface area (Å²) in [5.74, 6) is 0.234. The van der Waals surface area contributed by atoms with Crippen LogP contribution in [0.15, 0.2) is 12.7 Å². The van der Waals surface area contributed by atoms with E-state index >= 15 is 0 Å². The van der Waals surface area contributed by atoms with Gasteiger partial charge in [0.15, 0.2) is 0 Å². The number of carbonyl (C=O) groups is 1. The highest BCUT2D eigenvalue weighted by Crippen LogP contribution is 2.19. The summed E-state index contributed by atoms with van der Waals surface area (Å²) in [4.78, 5) is 14.1. The van der Waals surface area contributed by atoms with Crippen molar-refractivity contribution in [1.29, 1.82) is 0 Å². The summed E-state index contributed by atoms with van der Waals surface area (Å²) in [5.41, 5.74) is 0. The second kappa shape index (κ2) is 7.49. The van der Waals surface area contributed by atoms with Gasteiger partial charge in [0.1, 0.15) is 0 Å². The first kappa shape index (κ1) is 14.2. The molecule has 1 saturated heterocycles. The highest BCUT2D eigenvalue weighted by Gasteiger charge is 2.28. The zero-order valence-electron chi connectivity index (χ0n) is 11.2. The minimum Gasteiger partial charge on any atom is -0.381 e. The van der Waals surface area contributed by atoms with Gasteiger partial charge < -0.3 is 9.64 Å². The molecule has 3 nitrogen and oxygen atoms in total. The molecule has 0 aromatic rings. The van der Waals surface area contributed by atoms with E-state index < -0.39 is 0 Å². The van der Waals surface area contributed by atoms with Crippen LogP contribution >= 0.6 is 0 Å². The van der Waals surface area contributed by atoms with E-state index in [0.29, 0.717) is 12.6 Å². The van der Waals surface area contributed by atoms with Gasteiger partial charge in [-0.25, -0.2) is 0 Å². The SMILES string of the molecule is C=CCCCOCC(C)C(=O)N1CCCC1C. The zero-order valence-corrected chi connectivity index (χ0v) is 11.2. The third kappa shape index (κ3) is 4.50. The van der Waals surface area contributed by atoms with Gasteiger partial charge in [-0.1, -0.05) is 13.0 Å². The molecule has 0 aliphatic carbocycles. The Balaban J connectivity index is 2.20. The first-order chi connectivity index (χ1) is 8.16. The van der Waals surface area contributed by atoms with Crippen LogP contribution in [0.4, 0.5) is 0 Å². The van der Waals surface area contributed by atoms with Crippen LogP contribution in [0.1, 0.15) is 39.5 Å². The van der Waals surface area contributed by atoms with Gasteiger partial charge in [0.2, 0.25) is 5.91 Å². The van der Waals surface area contributed by atoms with Crippen molar-refractivity contribution in [3.05, 3.63) is 12.7 Å².